The first kappa shape index (κ1) is 87.2. The lowest BCUT2D eigenvalue weighted by Crippen LogP contribution is -2.66. The number of nitrogens with two attached hydrogens (primary N) is 2. The number of hydrogen-bond acceptors (Lipinski definition) is 24. The van der Waals surface area contributed by atoms with Crippen LogP contribution in [0, 0.1) is 11.8 Å². The Morgan fingerprint density at radius 3 is 1.96 bits per heavy atom. The molecule has 13 atom stereocenters. The number of ether oxygens (including phenoxy) is 7. The van der Waals surface area contributed by atoms with Crippen LogP contribution in [0.2, 0.25) is 0 Å². The first-order chi connectivity index (χ1) is 48.0. The highest BCUT2D eigenvalue weighted by Crippen LogP contribution is 2.29. The number of fused-ring (bicyclic) bond motifs is 1. The predicted molar refractivity (Wildman–Crippen MR) is 360 cm³/mol. The number of nitrogens with one attached hydrogen (secondary N) is 9. The average Bonchev–Trinajstić information content (AvgIpc) is 0.963. The fraction of sp³-hybridized carbons (Fsp3) is 0.727. The van der Waals surface area contributed by atoms with Gasteiger partial charge in [-0.3, -0.25) is 67.1 Å². The van der Waals surface area contributed by atoms with Crippen molar-refractivity contribution in [3.8, 4) is 0 Å². The van der Waals surface area contributed by atoms with Crippen molar-refractivity contribution in [1.82, 2.24) is 57.7 Å². The number of hydrogen-bond donors (Lipinski definition) is 11. The van der Waals surface area contributed by atoms with E-state index in [-0.39, 0.29) is 110 Å². The van der Waals surface area contributed by atoms with Gasteiger partial charge >= 0.3 is 30.1 Å². The number of carbonyl (C=O) groups is 16. The summed E-state index contributed by atoms with van der Waals surface area (Å²) >= 11 is 0. The fourth-order valence-electron chi connectivity index (χ4n) is 11.1. The summed E-state index contributed by atoms with van der Waals surface area (Å²) in [4.78, 5) is 219. The molecule has 0 unspecified atom stereocenters. The van der Waals surface area contributed by atoms with Gasteiger partial charge in [-0.1, -0.05) is 40.2 Å². The Bertz CT molecular complexity index is 2960. The van der Waals surface area contributed by atoms with Gasteiger partial charge in [-0.15, -0.1) is 0 Å². The molecule has 0 spiro atoms. The van der Waals surface area contributed by atoms with Crippen molar-refractivity contribution in [1.29, 1.82) is 0 Å². The van der Waals surface area contributed by atoms with Gasteiger partial charge < -0.3 is 97.4 Å². The van der Waals surface area contributed by atoms with E-state index in [9.17, 15) is 67.1 Å². The van der Waals surface area contributed by atoms with Crippen molar-refractivity contribution in [3.05, 3.63) is 12.2 Å². The van der Waals surface area contributed by atoms with Crippen LogP contribution < -0.4 is 59.3 Å². The van der Waals surface area contributed by atoms with Crippen LogP contribution in [0.25, 0.3) is 0 Å². The van der Waals surface area contributed by atoms with Gasteiger partial charge in [-0.2, -0.15) is 0 Å². The lowest BCUT2D eigenvalue weighted by atomic mass is 9.96. The quantitative estimate of drug-likeness (QED) is 0.0181. The molecular weight excluding hydrogens is 1340 g/mol. The van der Waals surface area contributed by atoms with E-state index in [1.807, 2.05) is 0 Å². The average molecular weight is 1450 g/mol. The molecule has 36 heteroatoms. The zero-order chi connectivity index (χ0) is 76.6. The van der Waals surface area contributed by atoms with E-state index in [0.29, 0.717) is 11.3 Å². The Hall–Kier alpha value is -9.06. The highest BCUT2D eigenvalue weighted by Gasteiger charge is 2.52. The third-order valence-electron chi connectivity index (χ3n) is 16.2. The van der Waals surface area contributed by atoms with E-state index >= 15 is 9.59 Å². The van der Waals surface area contributed by atoms with Gasteiger partial charge in [0.1, 0.15) is 73.3 Å². The largest absolute Gasteiger partial charge is 0.463 e. The van der Waals surface area contributed by atoms with E-state index < -0.39 is 206 Å². The normalized spacial score (nSPS) is 24.8. The molecule has 0 aromatic heterocycles. The van der Waals surface area contributed by atoms with Crippen molar-refractivity contribution >= 4 is 95.1 Å². The number of amides is 13. The number of nitrogens with zero attached hydrogens (tertiary/aromatic N) is 2. The molecule has 574 valence electrons. The maximum Gasteiger partial charge on any atom is 0.417 e. The second-order valence-electron chi connectivity index (χ2n) is 26.5. The number of rotatable bonds is 29. The van der Waals surface area contributed by atoms with Crippen molar-refractivity contribution in [2.45, 2.75) is 245 Å². The topological polar surface area (TPSA) is 505 Å². The van der Waals surface area contributed by atoms with Crippen LogP contribution in [-0.4, -0.2) is 236 Å². The molecule has 102 heavy (non-hydrogen) atoms. The second kappa shape index (κ2) is 43.7. The third-order valence-corrected chi connectivity index (χ3v) is 16.2. The van der Waals surface area contributed by atoms with Gasteiger partial charge in [-0.05, 0) is 116 Å². The van der Waals surface area contributed by atoms with Crippen molar-refractivity contribution < 1.29 is 110 Å². The van der Waals surface area contributed by atoms with Crippen molar-refractivity contribution in [2.75, 3.05) is 52.5 Å². The van der Waals surface area contributed by atoms with Crippen LogP contribution in [-0.2, 0) is 100 Å². The highest BCUT2D eigenvalue weighted by molar-refractivity contribution is 6.03. The summed E-state index contributed by atoms with van der Waals surface area (Å²) in [6.07, 6.45) is -5.02. The van der Waals surface area contributed by atoms with Gasteiger partial charge in [0.05, 0.1) is 13.2 Å². The van der Waals surface area contributed by atoms with Crippen molar-refractivity contribution in [2.24, 2.45) is 23.3 Å². The Morgan fingerprint density at radius 1 is 0.696 bits per heavy atom. The molecule has 13 N–H and O–H groups in total. The lowest BCUT2D eigenvalue weighted by Gasteiger charge is -2.44. The molecular formula is C66H107N13O23. The van der Waals surface area contributed by atoms with E-state index in [0.717, 1.165) is 20.8 Å². The molecule has 3 saturated heterocycles. The maximum atomic E-state index is 15.4. The predicted octanol–water partition coefficient (Wildman–Crippen LogP) is -1.20. The van der Waals surface area contributed by atoms with Crippen LogP contribution in [0.4, 0.5) is 9.59 Å². The number of imide groups is 1. The number of carbonyl (C=O) groups excluding carboxylic acids is 16. The van der Waals surface area contributed by atoms with Crippen molar-refractivity contribution in [3.63, 3.8) is 0 Å². The molecule has 13 amide bonds. The third kappa shape index (κ3) is 30.6. The minimum Gasteiger partial charge on any atom is -0.463 e. The first-order valence-corrected chi connectivity index (χ1v) is 34.5. The monoisotopic (exact) mass is 1450 g/mol. The molecule has 36 nitrogen and oxygen atoms in total. The standard InChI is InChI=1S/C66H107N13O23/c1-13-37(4)52-60(91)75-43(21-15-17-28-70-64(94)97-32-19-18-31-96-63-53(73-39(6)80)55(100-42(9)83)54(99-41(8)82)48(101-63)35-98-40(7)81)56(87)72-38(5)61(92)78-30-20-23-46(78)58(89)71-34-51(86)74-45(33-36(2)3)57(88)76-44(24-25-50(85)69-29-26-49(68)84)62(93)79(65(95)102-66(10,11)12)47(59(90)77-52)22-14-16-27-67/h18-19,36-38,43-48,52-55,63H,13-17,20-35,67H2,1-12H3,(H2,68,84)(H,69,85)(H,70,94)(H,71,89)(H,72,87)(H,73,80)(H,74,86)(H,75,91)(H,76,88)(H,77,90)/b19-18-/t37-,38-,43-,44-,45-,46-,47-,48+,52-,53+,54+,55+,63+/m0/s1. The highest BCUT2D eigenvalue weighted by atomic mass is 16.7. The van der Waals surface area contributed by atoms with E-state index in [4.69, 9.17) is 44.6 Å². The molecule has 3 rings (SSSR count). The molecule has 3 fully saturated rings. The van der Waals surface area contributed by atoms with Gasteiger partial charge in [0.25, 0.3) is 5.91 Å². The van der Waals surface area contributed by atoms with Crippen LogP contribution in [0.15, 0.2) is 12.2 Å². The van der Waals surface area contributed by atoms with Gasteiger partial charge in [0.15, 0.2) is 18.5 Å². The smallest absolute Gasteiger partial charge is 0.417 e. The number of alkyl carbamates (subject to hydrolysis) is 1. The zero-order valence-electron chi connectivity index (χ0n) is 60.5. The molecule has 0 radical (unpaired) electrons. The SMILES string of the molecule is CC[C@H](C)[C@@H]1NC(=O)[C@H](CCCCN)N(C(=O)OC(C)(C)C)C(=O)[C@H](CCC(=O)NCCC(N)=O)NC(=O)[C@H](CC(C)C)NC(=O)CNC(=O)[C@@H]2CCCN2C(=O)[C@H](C)NC(=O)[C@H](CCCCNC(=O)OC/C=C\CO[C@@H]2O[C@H](COC(C)=O)[C@@H](OC(C)=O)[C@H](OC(C)=O)[C@H]2NC(C)=O)NC1=O. The maximum absolute atomic E-state index is 15.4. The van der Waals surface area contributed by atoms with Crippen LogP contribution >= 0.6 is 0 Å². The van der Waals surface area contributed by atoms with Crippen LogP contribution in [0.5, 0.6) is 0 Å². The van der Waals surface area contributed by atoms with E-state index in [1.54, 1.807) is 27.7 Å². The molecule has 0 aromatic carbocycles. The summed E-state index contributed by atoms with van der Waals surface area (Å²) in [6, 6.07) is -11.7. The molecule has 0 aromatic rings. The molecule has 0 saturated carbocycles. The molecule has 0 bridgehead atoms. The van der Waals surface area contributed by atoms with Crippen LogP contribution in [0.1, 0.15) is 167 Å². The summed E-state index contributed by atoms with van der Waals surface area (Å²) < 4.78 is 38.9. The number of unbranched alkanes of at least 4 members (excludes halogenated alkanes) is 2. The lowest BCUT2D eigenvalue weighted by molar-refractivity contribution is -0.275. The number of primary amides is 1. The molecule has 3 aliphatic heterocycles. The second-order valence-corrected chi connectivity index (χ2v) is 26.5. The molecule has 3 heterocycles. The molecule has 3 aliphatic rings. The van der Waals surface area contributed by atoms with Crippen LogP contribution in [0.3, 0.4) is 0 Å². The molecule has 0 aliphatic carbocycles. The first-order valence-electron chi connectivity index (χ1n) is 34.5. The van der Waals surface area contributed by atoms with E-state index in [1.165, 1.54) is 51.7 Å². The van der Waals surface area contributed by atoms with Gasteiger partial charge in [0.2, 0.25) is 59.1 Å². The minimum atomic E-state index is -1.82. The number of esters is 3. The Balaban J connectivity index is 2.01. The summed E-state index contributed by atoms with van der Waals surface area (Å²) in [5, 5.41) is 23.4. The fourth-order valence-corrected chi connectivity index (χ4v) is 11.1. The van der Waals surface area contributed by atoms with Gasteiger partial charge in [0, 0.05) is 60.2 Å². The van der Waals surface area contributed by atoms with E-state index in [2.05, 4.69) is 47.9 Å². The summed E-state index contributed by atoms with van der Waals surface area (Å²) in [5.74, 6) is -12.6. The summed E-state index contributed by atoms with van der Waals surface area (Å²) in [6.45, 7) is 15.5. The Kier molecular flexibility index (Phi) is 37.3. The Labute approximate surface area is 593 Å². The Morgan fingerprint density at radius 2 is 1.34 bits per heavy atom. The summed E-state index contributed by atoms with van der Waals surface area (Å²) in [7, 11) is 0. The minimum absolute atomic E-state index is 0.0318. The van der Waals surface area contributed by atoms with Gasteiger partial charge in [-0.25, -0.2) is 14.5 Å². The summed E-state index contributed by atoms with van der Waals surface area (Å²) in [5.41, 5.74) is 9.84. The zero-order valence-corrected chi connectivity index (χ0v) is 60.5.